The van der Waals surface area contributed by atoms with Crippen molar-refractivity contribution in [1.29, 1.82) is 0 Å². The van der Waals surface area contributed by atoms with Crippen molar-refractivity contribution in [1.82, 2.24) is 5.16 Å². The second-order valence-electron chi connectivity index (χ2n) is 3.10. The highest BCUT2D eigenvalue weighted by molar-refractivity contribution is 7.07. The first-order chi connectivity index (χ1) is 7.27. The molecule has 2 aromatic rings. The lowest BCUT2D eigenvalue weighted by Crippen LogP contribution is -1.99. The molecule has 2 aromatic heterocycles. The van der Waals surface area contributed by atoms with E-state index in [9.17, 15) is 4.79 Å². The van der Waals surface area contributed by atoms with Crippen molar-refractivity contribution < 1.29 is 14.4 Å². The SMILES string of the molecule is O=C(O)c1cnoc1CCc1ccsc1. The van der Waals surface area contributed by atoms with Crippen LogP contribution < -0.4 is 0 Å². The molecular weight excluding hydrogens is 214 g/mol. The number of aryl methyl sites for hydroxylation is 2. The maximum Gasteiger partial charge on any atom is 0.340 e. The van der Waals surface area contributed by atoms with Gasteiger partial charge in [0.2, 0.25) is 0 Å². The van der Waals surface area contributed by atoms with Crippen LogP contribution in [0.4, 0.5) is 0 Å². The van der Waals surface area contributed by atoms with E-state index in [4.69, 9.17) is 9.63 Å². The number of thiophene rings is 1. The van der Waals surface area contributed by atoms with Gasteiger partial charge < -0.3 is 9.63 Å². The Morgan fingerprint density at radius 1 is 1.53 bits per heavy atom. The molecule has 0 spiro atoms. The zero-order valence-electron chi connectivity index (χ0n) is 7.84. The van der Waals surface area contributed by atoms with Gasteiger partial charge in [-0.15, -0.1) is 0 Å². The van der Waals surface area contributed by atoms with Gasteiger partial charge in [0.05, 0.1) is 6.20 Å². The summed E-state index contributed by atoms with van der Waals surface area (Å²) >= 11 is 1.62. The van der Waals surface area contributed by atoms with Crippen LogP contribution in [0.1, 0.15) is 21.7 Å². The van der Waals surface area contributed by atoms with Gasteiger partial charge in [0.15, 0.2) is 5.76 Å². The molecule has 0 atom stereocenters. The Morgan fingerprint density at radius 3 is 3.07 bits per heavy atom. The second-order valence-corrected chi connectivity index (χ2v) is 3.88. The summed E-state index contributed by atoms with van der Waals surface area (Å²) in [5.74, 6) is -0.551. The molecule has 1 N–H and O–H groups in total. The number of carbonyl (C=O) groups is 1. The van der Waals surface area contributed by atoms with Gasteiger partial charge in [-0.2, -0.15) is 11.3 Å². The minimum Gasteiger partial charge on any atom is -0.478 e. The van der Waals surface area contributed by atoms with Crippen LogP contribution in [0.25, 0.3) is 0 Å². The van der Waals surface area contributed by atoms with Gasteiger partial charge >= 0.3 is 5.97 Å². The van der Waals surface area contributed by atoms with Gasteiger partial charge in [-0.1, -0.05) is 5.16 Å². The van der Waals surface area contributed by atoms with E-state index in [0.29, 0.717) is 12.2 Å². The standard InChI is InChI=1S/C10H9NO3S/c12-10(13)8-5-11-14-9(8)2-1-7-3-4-15-6-7/h3-6H,1-2H2,(H,12,13). The number of carboxylic acid groups (broad SMARTS) is 1. The maximum absolute atomic E-state index is 10.7. The van der Waals surface area contributed by atoms with Crippen LogP contribution in [-0.4, -0.2) is 16.2 Å². The molecule has 0 amide bonds. The molecule has 0 saturated carbocycles. The van der Waals surface area contributed by atoms with Gasteiger partial charge in [-0.3, -0.25) is 0 Å². The number of rotatable bonds is 4. The first-order valence-corrected chi connectivity index (χ1v) is 5.39. The Balaban J connectivity index is 2.05. The predicted molar refractivity (Wildman–Crippen MR) is 55.2 cm³/mol. The number of aromatic carboxylic acids is 1. The van der Waals surface area contributed by atoms with E-state index in [0.717, 1.165) is 6.42 Å². The summed E-state index contributed by atoms with van der Waals surface area (Å²) < 4.78 is 4.90. The van der Waals surface area contributed by atoms with Crippen LogP contribution in [0.3, 0.4) is 0 Å². The van der Waals surface area contributed by atoms with Crippen molar-refractivity contribution >= 4 is 17.3 Å². The van der Waals surface area contributed by atoms with E-state index >= 15 is 0 Å². The molecule has 0 radical (unpaired) electrons. The highest BCUT2D eigenvalue weighted by Crippen LogP contribution is 2.13. The van der Waals surface area contributed by atoms with Gasteiger partial charge in [0, 0.05) is 6.42 Å². The average Bonchev–Trinajstić information content (AvgIpc) is 2.86. The van der Waals surface area contributed by atoms with Crippen LogP contribution >= 0.6 is 11.3 Å². The van der Waals surface area contributed by atoms with Gasteiger partial charge in [-0.25, -0.2) is 4.79 Å². The summed E-state index contributed by atoms with van der Waals surface area (Å²) in [4.78, 5) is 10.7. The van der Waals surface area contributed by atoms with E-state index < -0.39 is 5.97 Å². The van der Waals surface area contributed by atoms with Crippen molar-refractivity contribution in [3.05, 3.63) is 39.9 Å². The molecule has 2 heterocycles. The summed E-state index contributed by atoms with van der Waals surface area (Å²) in [6.07, 6.45) is 2.59. The quantitative estimate of drug-likeness (QED) is 0.863. The van der Waals surface area contributed by atoms with Crippen LogP contribution in [0.5, 0.6) is 0 Å². The van der Waals surface area contributed by atoms with Crippen LogP contribution in [-0.2, 0) is 12.8 Å². The number of carboxylic acids is 1. The maximum atomic E-state index is 10.7. The van der Waals surface area contributed by atoms with Crippen molar-refractivity contribution in [3.8, 4) is 0 Å². The molecule has 0 bridgehead atoms. The Bertz CT molecular complexity index is 447. The lowest BCUT2D eigenvalue weighted by molar-refractivity contribution is 0.0694. The lowest BCUT2D eigenvalue weighted by Gasteiger charge is -1.95. The molecule has 4 nitrogen and oxygen atoms in total. The minimum atomic E-state index is -0.989. The Hall–Kier alpha value is -1.62. The molecule has 0 fully saturated rings. The van der Waals surface area contributed by atoms with E-state index in [1.807, 2.05) is 16.8 Å². The summed E-state index contributed by atoms with van der Waals surface area (Å²) in [5, 5.41) is 16.3. The first kappa shape index (κ1) is 9.92. The fourth-order valence-corrected chi connectivity index (χ4v) is 2.01. The number of nitrogens with zero attached hydrogens (tertiary/aromatic N) is 1. The molecule has 0 aliphatic carbocycles. The van der Waals surface area contributed by atoms with E-state index in [-0.39, 0.29) is 5.56 Å². The van der Waals surface area contributed by atoms with E-state index in [1.165, 1.54) is 11.8 Å². The normalized spacial score (nSPS) is 10.4. The smallest absolute Gasteiger partial charge is 0.340 e. The highest BCUT2D eigenvalue weighted by atomic mass is 32.1. The molecule has 15 heavy (non-hydrogen) atoms. The fourth-order valence-electron chi connectivity index (χ4n) is 1.31. The highest BCUT2D eigenvalue weighted by Gasteiger charge is 2.14. The molecule has 5 heteroatoms. The molecule has 0 aliphatic heterocycles. The summed E-state index contributed by atoms with van der Waals surface area (Å²) in [6.45, 7) is 0. The monoisotopic (exact) mass is 223 g/mol. The third kappa shape index (κ3) is 2.24. The molecular formula is C10H9NO3S. The van der Waals surface area contributed by atoms with Crippen LogP contribution in [0.2, 0.25) is 0 Å². The van der Waals surface area contributed by atoms with Gasteiger partial charge in [0.25, 0.3) is 0 Å². The summed E-state index contributed by atoms with van der Waals surface area (Å²) in [6, 6.07) is 2.02. The van der Waals surface area contributed by atoms with Gasteiger partial charge in [0.1, 0.15) is 5.56 Å². The topological polar surface area (TPSA) is 63.3 Å². The first-order valence-electron chi connectivity index (χ1n) is 4.45. The number of aromatic nitrogens is 1. The van der Waals surface area contributed by atoms with Crippen molar-refractivity contribution in [2.24, 2.45) is 0 Å². The van der Waals surface area contributed by atoms with Crippen LogP contribution in [0.15, 0.2) is 27.5 Å². The summed E-state index contributed by atoms with van der Waals surface area (Å²) in [7, 11) is 0. The Kier molecular flexibility index (Phi) is 2.82. The molecule has 0 aromatic carbocycles. The Morgan fingerprint density at radius 2 is 2.40 bits per heavy atom. The number of hydrogen-bond donors (Lipinski definition) is 1. The molecule has 78 valence electrons. The van der Waals surface area contributed by atoms with Gasteiger partial charge in [-0.05, 0) is 28.8 Å². The zero-order valence-corrected chi connectivity index (χ0v) is 8.66. The molecule has 2 rings (SSSR count). The molecule has 0 unspecified atom stereocenters. The zero-order chi connectivity index (χ0) is 10.7. The third-order valence-electron chi connectivity index (χ3n) is 2.10. The summed E-state index contributed by atoms with van der Waals surface area (Å²) in [5.41, 5.74) is 1.35. The second kappa shape index (κ2) is 4.27. The fraction of sp³-hybridized carbons (Fsp3) is 0.200. The lowest BCUT2D eigenvalue weighted by atomic mass is 10.1. The number of hydrogen-bond acceptors (Lipinski definition) is 4. The minimum absolute atomic E-state index is 0.158. The molecule has 0 aliphatic rings. The van der Waals surface area contributed by atoms with E-state index in [1.54, 1.807) is 11.3 Å². The van der Waals surface area contributed by atoms with E-state index in [2.05, 4.69) is 5.16 Å². The largest absolute Gasteiger partial charge is 0.478 e. The average molecular weight is 223 g/mol. The van der Waals surface area contributed by atoms with Crippen LogP contribution in [0, 0.1) is 0 Å². The Labute approximate surface area is 90.1 Å². The molecule has 0 saturated heterocycles. The van der Waals surface area contributed by atoms with Crippen molar-refractivity contribution in [2.45, 2.75) is 12.8 Å². The predicted octanol–water partition coefficient (Wildman–Crippen LogP) is 2.22. The third-order valence-corrected chi connectivity index (χ3v) is 2.83. The van der Waals surface area contributed by atoms with Crippen molar-refractivity contribution in [3.63, 3.8) is 0 Å². The van der Waals surface area contributed by atoms with Crippen molar-refractivity contribution in [2.75, 3.05) is 0 Å².